The fraction of sp³-hybridized carbons (Fsp3) is 0.462. The SMILES string of the molecule is CN(C)C(=O)NC1CCc2c(O)cccc2C1. The van der Waals surface area contributed by atoms with E-state index in [-0.39, 0.29) is 12.1 Å². The van der Waals surface area contributed by atoms with Gasteiger partial charge in [-0.05, 0) is 36.5 Å². The lowest BCUT2D eigenvalue weighted by atomic mass is 9.88. The molecule has 0 saturated carbocycles. The first-order valence-electron chi connectivity index (χ1n) is 5.85. The van der Waals surface area contributed by atoms with E-state index in [1.54, 1.807) is 20.2 Å². The molecule has 0 fully saturated rings. The number of carbonyl (C=O) groups is 1. The molecule has 0 bridgehead atoms. The molecule has 0 saturated heterocycles. The molecule has 0 heterocycles. The average molecular weight is 234 g/mol. The van der Waals surface area contributed by atoms with Crippen molar-refractivity contribution in [2.24, 2.45) is 0 Å². The molecule has 4 nitrogen and oxygen atoms in total. The molecule has 1 aliphatic rings. The van der Waals surface area contributed by atoms with Gasteiger partial charge in [0.05, 0.1) is 0 Å². The highest BCUT2D eigenvalue weighted by atomic mass is 16.3. The van der Waals surface area contributed by atoms with Gasteiger partial charge in [-0.15, -0.1) is 0 Å². The number of hydrogen-bond donors (Lipinski definition) is 2. The van der Waals surface area contributed by atoms with Gasteiger partial charge in [-0.25, -0.2) is 4.79 Å². The molecule has 0 spiro atoms. The van der Waals surface area contributed by atoms with Crippen LogP contribution in [0.15, 0.2) is 18.2 Å². The summed E-state index contributed by atoms with van der Waals surface area (Å²) >= 11 is 0. The van der Waals surface area contributed by atoms with E-state index in [2.05, 4.69) is 5.32 Å². The van der Waals surface area contributed by atoms with E-state index >= 15 is 0 Å². The lowest BCUT2D eigenvalue weighted by molar-refractivity contribution is 0.211. The molecule has 0 aromatic heterocycles. The van der Waals surface area contributed by atoms with E-state index < -0.39 is 0 Å². The van der Waals surface area contributed by atoms with Crippen molar-refractivity contribution in [3.05, 3.63) is 29.3 Å². The van der Waals surface area contributed by atoms with E-state index in [1.165, 1.54) is 4.90 Å². The van der Waals surface area contributed by atoms with Crippen molar-refractivity contribution in [1.29, 1.82) is 0 Å². The third kappa shape index (κ3) is 2.52. The van der Waals surface area contributed by atoms with Crippen LogP contribution in [0.2, 0.25) is 0 Å². The Hall–Kier alpha value is -1.71. The molecule has 17 heavy (non-hydrogen) atoms. The molecule has 2 N–H and O–H groups in total. The van der Waals surface area contributed by atoms with Crippen molar-refractivity contribution >= 4 is 6.03 Å². The number of aromatic hydroxyl groups is 1. The number of nitrogens with one attached hydrogen (secondary N) is 1. The van der Waals surface area contributed by atoms with Crippen LogP contribution in [0.25, 0.3) is 0 Å². The highest BCUT2D eigenvalue weighted by molar-refractivity contribution is 5.73. The minimum absolute atomic E-state index is 0.0568. The number of nitrogens with zero attached hydrogens (tertiary/aromatic N) is 1. The van der Waals surface area contributed by atoms with Crippen molar-refractivity contribution in [1.82, 2.24) is 10.2 Å². The maximum atomic E-state index is 11.6. The molecule has 0 aliphatic heterocycles. The Morgan fingerprint density at radius 3 is 2.94 bits per heavy atom. The van der Waals surface area contributed by atoms with E-state index in [0.29, 0.717) is 5.75 Å². The second-order valence-electron chi connectivity index (χ2n) is 4.70. The zero-order valence-corrected chi connectivity index (χ0v) is 10.2. The molecule has 92 valence electrons. The summed E-state index contributed by atoms with van der Waals surface area (Å²) in [5.74, 6) is 0.375. The largest absolute Gasteiger partial charge is 0.508 e. The Kier molecular flexibility index (Phi) is 3.22. The number of phenolic OH excluding ortho intramolecular Hbond substituents is 1. The number of urea groups is 1. The Labute approximate surface area is 101 Å². The number of rotatable bonds is 1. The number of benzene rings is 1. The van der Waals surface area contributed by atoms with Crippen LogP contribution in [-0.4, -0.2) is 36.2 Å². The summed E-state index contributed by atoms with van der Waals surface area (Å²) in [6.45, 7) is 0. The highest BCUT2D eigenvalue weighted by Gasteiger charge is 2.22. The summed E-state index contributed by atoms with van der Waals surface area (Å²) < 4.78 is 0. The van der Waals surface area contributed by atoms with Crippen molar-refractivity contribution in [2.75, 3.05) is 14.1 Å². The van der Waals surface area contributed by atoms with Crippen molar-refractivity contribution in [2.45, 2.75) is 25.3 Å². The molecule has 2 rings (SSSR count). The van der Waals surface area contributed by atoms with Gasteiger partial charge in [0.25, 0.3) is 0 Å². The Morgan fingerprint density at radius 2 is 2.24 bits per heavy atom. The molecule has 1 aliphatic carbocycles. The molecule has 0 radical (unpaired) electrons. The minimum atomic E-state index is -0.0568. The van der Waals surface area contributed by atoms with Crippen molar-refractivity contribution in [3.8, 4) is 5.75 Å². The van der Waals surface area contributed by atoms with Gasteiger partial charge in [0, 0.05) is 20.1 Å². The van der Waals surface area contributed by atoms with E-state index in [9.17, 15) is 9.90 Å². The van der Waals surface area contributed by atoms with Crippen LogP contribution in [0.3, 0.4) is 0 Å². The third-order valence-electron chi connectivity index (χ3n) is 3.19. The summed E-state index contributed by atoms with van der Waals surface area (Å²) in [5.41, 5.74) is 2.17. The van der Waals surface area contributed by atoms with Crippen LogP contribution in [-0.2, 0) is 12.8 Å². The third-order valence-corrected chi connectivity index (χ3v) is 3.19. The summed E-state index contributed by atoms with van der Waals surface area (Å²) in [4.78, 5) is 13.1. The maximum absolute atomic E-state index is 11.6. The lowest BCUT2D eigenvalue weighted by Gasteiger charge is -2.27. The van der Waals surface area contributed by atoms with Crippen LogP contribution in [0.5, 0.6) is 5.75 Å². The van der Waals surface area contributed by atoms with E-state index in [4.69, 9.17) is 0 Å². The molecule has 2 amide bonds. The molecule has 1 unspecified atom stereocenters. The van der Waals surface area contributed by atoms with Crippen LogP contribution in [0, 0.1) is 0 Å². The van der Waals surface area contributed by atoms with Gasteiger partial charge in [0.15, 0.2) is 0 Å². The zero-order chi connectivity index (χ0) is 12.4. The minimum Gasteiger partial charge on any atom is -0.508 e. The number of phenols is 1. The number of fused-ring (bicyclic) bond motifs is 1. The average Bonchev–Trinajstić information content (AvgIpc) is 2.29. The fourth-order valence-corrected chi connectivity index (χ4v) is 2.21. The van der Waals surface area contributed by atoms with Crippen LogP contribution in [0.1, 0.15) is 17.5 Å². The molecule has 4 heteroatoms. The first-order valence-corrected chi connectivity index (χ1v) is 5.85. The highest BCUT2D eigenvalue weighted by Crippen LogP contribution is 2.28. The lowest BCUT2D eigenvalue weighted by Crippen LogP contribution is -2.43. The van der Waals surface area contributed by atoms with E-state index in [0.717, 1.165) is 30.4 Å². The summed E-state index contributed by atoms with van der Waals surface area (Å²) in [6, 6.07) is 5.70. The Morgan fingerprint density at radius 1 is 1.47 bits per heavy atom. The van der Waals surface area contributed by atoms with Crippen LogP contribution >= 0.6 is 0 Å². The quantitative estimate of drug-likeness (QED) is 0.774. The van der Waals surface area contributed by atoms with Gasteiger partial charge in [-0.3, -0.25) is 0 Å². The monoisotopic (exact) mass is 234 g/mol. The summed E-state index contributed by atoms with van der Waals surface area (Å²) in [5, 5.41) is 12.7. The van der Waals surface area contributed by atoms with Gasteiger partial charge < -0.3 is 15.3 Å². The zero-order valence-electron chi connectivity index (χ0n) is 10.2. The van der Waals surface area contributed by atoms with Crippen molar-refractivity contribution < 1.29 is 9.90 Å². The first kappa shape index (κ1) is 11.8. The Bertz CT molecular complexity index is 429. The van der Waals surface area contributed by atoms with Gasteiger partial charge in [-0.1, -0.05) is 12.1 Å². The number of amides is 2. The van der Waals surface area contributed by atoms with Gasteiger partial charge >= 0.3 is 6.03 Å². The topological polar surface area (TPSA) is 52.6 Å². The number of carbonyl (C=O) groups excluding carboxylic acids is 1. The molecule has 1 aromatic carbocycles. The van der Waals surface area contributed by atoms with Crippen LogP contribution in [0.4, 0.5) is 4.79 Å². The smallest absolute Gasteiger partial charge is 0.317 e. The van der Waals surface area contributed by atoms with Gasteiger partial charge in [0.2, 0.25) is 0 Å². The molecular formula is C13H18N2O2. The Balaban J connectivity index is 2.06. The van der Waals surface area contributed by atoms with Gasteiger partial charge in [0.1, 0.15) is 5.75 Å². The molecule has 1 atom stereocenters. The first-order chi connectivity index (χ1) is 8.08. The predicted octanol–water partition coefficient (Wildman–Crippen LogP) is 1.52. The van der Waals surface area contributed by atoms with E-state index in [1.807, 2.05) is 12.1 Å². The normalized spacial score (nSPS) is 18.4. The standard InChI is InChI=1S/C13H18N2O2/c1-15(2)13(17)14-10-6-7-11-9(8-10)4-3-5-12(11)16/h3-5,10,16H,6-8H2,1-2H3,(H,14,17). The van der Waals surface area contributed by atoms with Crippen molar-refractivity contribution in [3.63, 3.8) is 0 Å². The second kappa shape index (κ2) is 4.65. The summed E-state index contributed by atoms with van der Waals surface area (Å²) in [7, 11) is 3.47. The van der Waals surface area contributed by atoms with Gasteiger partial charge in [-0.2, -0.15) is 0 Å². The van der Waals surface area contributed by atoms with Crippen LogP contribution < -0.4 is 5.32 Å². The molecule has 1 aromatic rings. The predicted molar refractivity (Wildman–Crippen MR) is 66.1 cm³/mol. The molecular weight excluding hydrogens is 216 g/mol. The maximum Gasteiger partial charge on any atom is 0.317 e. The second-order valence-corrected chi connectivity index (χ2v) is 4.70. The fourth-order valence-electron chi connectivity index (χ4n) is 2.21. The number of hydrogen-bond acceptors (Lipinski definition) is 2. The summed E-state index contributed by atoms with van der Waals surface area (Å²) in [6.07, 6.45) is 2.49.